The normalized spacial score (nSPS) is 11.8. The van der Waals surface area contributed by atoms with Crippen LogP contribution in [0.4, 0.5) is 14.6 Å². The van der Waals surface area contributed by atoms with Crippen molar-refractivity contribution in [3.63, 3.8) is 0 Å². The number of nitrogens with one attached hydrogen (secondary N) is 1. The van der Waals surface area contributed by atoms with Crippen LogP contribution in [0.15, 0.2) is 30.5 Å². The maximum Gasteiger partial charge on any atom is 0.148 e. The van der Waals surface area contributed by atoms with Gasteiger partial charge in [0.15, 0.2) is 0 Å². The second kappa shape index (κ2) is 7.24. The van der Waals surface area contributed by atoms with Gasteiger partial charge in [0.25, 0.3) is 0 Å². The monoisotopic (exact) mass is 301 g/mol. The van der Waals surface area contributed by atoms with Gasteiger partial charge in [0.2, 0.25) is 0 Å². The lowest BCUT2D eigenvalue weighted by atomic mass is 10.2. The third-order valence-electron chi connectivity index (χ3n) is 3.12. The van der Waals surface area contributed by atoms with E-state index in [0.717, 1.165) is 18.6 Å². The summed E-state index contributed by atoms with van der Waals surface area (Å²) in [6.07, 6.45) is 2.86. The Labute approximate surface area is 123 Å². The highest BCUT2D eigenvalue weighted by Crippen LogP contribution is 2.14. The van der Waals surface area contributed by atoms with Gasteiger partial charge in [-0.05, 0) is 31.5 Å². The summed E-state index contributed by atoms with van der Waals surface area (Å²) in [4.78, 5) is 0. The summed E-state index contributed by atoms with van der Waals surface area (Å²) in [6, 6.07) is 5.57. The van der Waals surface area contributed by atoms with E-state index in [2.05, 4.69) is 24.3 Å². The topological polar surface area (TPSA) is 29.9 Å². The van der Waals surface area contributed by atoms with Crippen LogP contribution in [0.1, 0.15) is 31.9 Å². The molecule has 0 aliphatic rings. The van der Waals surface area contributed by atoms with Crippen LogP contribution in [-0.2, 0) is 6.54 Å². The summed E-state index contributed by atoms with van der Waals surface area (Å²) in [5.41, 5.74) is 0.290. The van der Waals surface area contributed by atoms with Crippen LogP contribution in [0.25, 0.3) is 0 Å². The van der Waals surface area contributed by atoms with E-state index in [-0.39, 0.29) is 24.5 Å². The minimum Gasteiger partial charge on any atom is -0.364 e. The van der Waals surface area contributed by atoms with Gasteiger partial charge in [0.05, 0.1) is 0 Å². The summed E-state index contributed by atoms with van der Waals surface area (Å²) in [6.45, 7) is 4.37. The molecule has 1 N–H and O–H groups in total. The minimum atomic E-state index is -0.441. The summed E-state index contributed by atoms with van der Waals surface area (Å²) < 4.78 is 28.3. The van der Waals surface area contributed by atoms with E-state index in [1.165, 1.54) is 6.07 Å². The van der Waals surface area contributed by atoms with Crippen molar-refractivity contribution < 1.29 is 8.78 Å². The van der Waals surface area contributed by atoms with Crippen molar-refractivity contribution in [1.82, 2.24) is 9.78 Å². The SMILES string of the molecule is CCC(C)n1ccc(NCc2cc(F)ccc2F)n1.Cl. The first-order valence-corrected chi connectivity index (χ1v) is 6.33. The highest BCUT2D eigenvalue weighted by Gasteiger charge is 2.06. The van der Waals surface area contributed by atoms with Crippen LogP contribution in [0, 0.1) is 11.6 Å². The Morgan fingerprint density at radius 3 is 2.75 bits per heavy atom. The molecule has 1 heterocycles. The number of rotatable bonds is 5. The van der Waals surface area contributed by atoms with Crippen LogP contribution in [0.5, 0.6) is 0 Å². The van der Waals surface area contributed by atoms with E-state index >= 15 is 0 Å². The predicted octanol–water partition coefficient (Wildman–Crippen LogP) is 4.17. The molecule has 1 atom stereocenters. The second-order valence-corrected chi connectivity index (χ2v) is 4.53. The molecule has 20 heavy (non-hydrogen) atoms. The quantitative estimate of drug-likeness (QED) is 0.898. The zero-order valence-electron chi connectivity index (χ0n) is 11.4. The standard InChI is InChI=1S/C14H17F2N3.ClH/c1-3-10(2)19-7-6-14(18-19)17-9-11-8-12(15)4-5-13(11)16;/h4-8,10H,3,9H2,1-2H3,(H,17,18);1H. The van der Waals surface area contributed by atoms with Crippen molar-refractivity contribution >= 4 is 18.2 Å². The molecule has 2 aromatic rings. The highest BCUT2D eigenvalue weighted by molar-refractivity contribution is 5.85. The lowest BCUT2D eigenvalue weighted by Gasteiger charge is -2.08. The fraction of sp³-hybridized carbons (Fsp3) is 0.357. The average molecular weight is 302 g/mol. The number of anilines is 1. The molecular formula is C14H18ClF2N3. The number of nitrogens with zero attached hydrogens (tertiary/aromatic N) is 2. The van der Waals surface area contributed by atoms with Crippen LogP contribution >= 0.6 is 12.4 Å². The molecule has 0 saturated carbocycles. The number of benzene rings is 1. The number of hydrogen-bond acceptors (Lipinski definition) is 2. The minimum absolute atomic E-state index is 0. The molecule has 0 amide bonds. The van der Waals surface area contributed by atoms with E-state index in [1.54, 1.807) is 0 Å². The van der Waals surface area contributed by atoms with Gasteiger partial charge in [0, 0.05) is 30.4 Å². The zero-order chi connectivity index (χ0) is 13.8. The Bertz CT molecular complexity index is 557. The molecule has 6 heteroatoms. The van der Waals surface area contributed by atoms with Crippen LogP contribution < -0.4 is 5.32 Å². The first-order chi connectivity index (χ1) is 9.10. The number of aromatic nitrogens is 2. The summed E-state index contributed by atoms with van der Waals surface area (Å²) >= 11 is 0. The van der Waals surface area contributed by atoms with Crippen molar-refractivity contribution in [2.75, 3.05) is 5.32 Å². The highest BCUT2D eigenvalue weighted by atomic mass is 35.5. The lowest BCUT2D eigenvalue weighted by molar-refractivity contribution is 0.479. The van der Waals surface area contributed by atoms with Gasteiger partial charge in [-0.1, -0.05) is 6.92 Å². The number of halogens is 3. The molecule has 3 nitrogen and oxygen atoms in total. The Balaban J connectivity index is 0.00000200. The lowest BCUT2D eigenvalue weighted by Crippen LogP contribution is -2.07. The van der Waals surface area contributed by atoms with Crippen molar-refractivity contribution in [2.24, 2.45) is 0 Å². The molecule has 0 saturated heterocycles. The third kappa shape index (κ3) is 3.93. The summed E-state index contributed by atoms with van der Waals surface area (Å²) in [5.74, 6) is -0.206. The molecule has 0 fully saturated rings. The molecule has 0 radical (unpaired) electrons. The molecule has 110 valence electrons. The molecule has 0 aliphatic heterocycles. The van der Waals surface area contributed by atoms with E-state index in [4.69, 9.17) is 0 Å². The molecule has 0 aliphatic carbocycles. The van der Waals surface area contributed by atoms with Crippen molar-refractivity contribution in [1.29, 1.82) is 0 Å². The molecule has 0 spiro atoms. The van der Waals surface area contributed by atoms with E-state index in [9.17, 15) is 8.78 Å². The molecular weight excluding hydrogens is 284 g/mol. The van der Waals surface area contributed by atoms with E-state index < -0.39 is 11.6 Å². The van der Waals surface area contributed by atoms with Crippen molar-refractivity contribution in [3.05, 3.63) is 47.7 Å². The van der Waals surface area contributed by atoms with E-state index in [1.807, 2.05) is 16.9 Å². The van der Waals surface area contributed by atoms with Crippen LogP contribution in [0.3, 0.4) is 0 Å². The third-order valence-corrected chi connectivity index (χ3v) is 3.12. The Morgan fingerprint density at radius 1 is 1.30 bits per heavy atom. The molecule has 0 bridgehead atoms. The first-order valence-electron chi connectivity index (χ1n) is 6.33. The maximum absolute atomic E-state index is 13.4. The molecule has 1 aromatic heterocycles. The predicted molar refractivity (Wildman–Crippen MR) is 78.2 cm³/mol. The molecule has 2 rings (SSSR count). The summed E-state index contributed by atoms with van der Waals surface area (Å²) in [7, 11) is 0. The van der Waals surface area contributed by atoms with Gasteiger partial charge in [-0.2, -0.15) is 5.10 Å². The van der Waals surface area contributed by atoms with Gasteiger partial charge in [-0.3, -0.25) is 4.68 Å². The van der Waals surface area contributed by atoms with Crippen molar-refractivity contribution in [2.45, 2.75) is 32.9 Å². The van der Waals surface area contributed by atoms with Crippen LogP contribution in [0.2, 0.25) is 0 Å². The average Bonchev–Trinajstić information content (AvgIpc) is 2.88. The fourth-order valence-electron chi connectivity index (χ4n) is 1.73. The Morgan fingerprint density at radius 2 is 2.05 bits per heavy atom. The van der Waals surface area contributed by atoms with Crippen LogP contribution in [-0.4, -0.2) is 9.78 Å². The molecule has 1 aromatic carbocycles. The number of hydrogen-bond donors (Lipinski definition) is 1. The zero-order valence-corrected chi connectivity index (χ0v) is 12.3. The van der Waals surface area contributed by atoms with E-state index in [0.29, 0.717) is 11.9 Å². The Hall–Kier alpha value is -1.62. The Kier molecular flexibility index (Phi) is 5.95. The first kappa shape index (κ1) is 16.4. The second-order valence-electron chi connectivity index (χ2n) is 4.53. The van der Waals surface area contributed by atoms with Gasteiger partial charge in [-0.15, -0.1) is 12.4 Å². The van der Waals surface area contributed by atoms with Crippen molar-refractivity contribution in [3.8, 4) is 0 Å². The summed E-state index contributed by atoms with van der Waals surface area (Å²) in [5, 5.41) is 7.33. The van der Waals surface area contributed by atoms with Gasteiger partial charge in [-0.25, -0.2) is 8.78 Å². The maximum atomic E-state index is 13.4. The smallest absolute Gasteiger partial charge is 0.148 e. The largest absolute Gasteiger partial charge is 0.364 e. The fourth-order valence-corrected chi connectivity index (χ4v) is 1.73. The van der Waals surface area contributed by atoms with Gasteiger partial charge >= 0.3 is 0 Å². The van der Waals surface area contributed by atoms with Gasteiger partial charge in [0.1, 0.15) is 17.5 Å². The molecule has 1 unspecified atom stereocenters. The van der Waals surface area contributed by atoms with Gasteiger partial charge < -0.3 is 5.32 Å².